The molecule has 86 valence electrons. The maximum Gasteiger partial charge on any atom is 0.123 e. The number of fused-ring (bicyclic) bond motifs is 1. The van der Waals surface area contributed by atoms with Crippen molar-refractivity contribution in [2.75, 3.05) is 5.73 Å². The van der Waals surface area contributed by atoms with Crippen LogP contribution in [-0.2, 0) is 7.05 Å². The summed E-state index contributed by atoms with van der Waals surface area (Å²) in [5.74, 6) is 0.313. The first-order chi connectivity index (χ1) is 8.15. The van der Waals surface area contributed by atoms with Gasteiger partial charge in [0.1, 0.15) is 11.6 Å². The third-order valence-electron chi connectivity index (χ3n) is 2.84. The largest absolute Gasteiger partial charge is 0.384 e. The molecule has 5 heteroatoms. The van der Waals surface area contributed by atoms with Gasteiger partial charge < -0.3 is 10.7 Å². The number of anilines is 1. The molecule has 0 radical (unpaired) electrons. The van der Waals surface area contributed by atoms with Gasteiger partial charge in [-0.3, -0.25) is 4.68 Å². The fourth-order valence-corrected chi connectivity index (χ4v) is 1.92. The van der Waals surface area contributed by atoms with E-state index in [4.69, 9.17) is 5.73 Å². The summed E-state index contributed by atoms with van der Waals surface area (Å²) in [6.45, 7) is 0. The van der Waals surface area contributed by atoms with Crippen molar-refractivity contribution in [1.29, 1.82) is 0 Å². The molecular weight excluding hydrogens is 219 g/mol. The van der Waals surface area contributed by atoms with Crippen LogP contribution in [0.5, 0.6) is 0 Å². The molecule has 0 aliphatic heterocycles. The Morgan fingerprint density at radius 1 is 1.35 bits per heavy atom. The van der Waals surface area contributed by atoms with Gasteiger partial charge in [-0.1, -0.05) is 0 Å². The highest BCUT2D eigenvalue weighted by Gasteiger charge is 2.10. The van der Waals surface area contributed by atoms with E-state index in [0.29, 0.717) is 5.82 Å². The molecule has 2 aromatic heterocycles. The lowest BCUT2D eigenvalue weighted by Gasteiger charge is -1.94. The van der Waals surface area contributed by atoms with Crippen LogP contribution < -0.4 is 5.73 Å². The number of nitrogen functional groups attached to an aromatic ring is 1. The predicted octanol–water partition coefficient (Wildman–Crippen LogP) is 2.29. The number of hydrogen-bond acceptors (Lipinski definition) is 2. The normalized spacial score (nSPS) is 11.2. The highest BCUT2D eigenvalue weighted by atomic mass is 19.1. The molecule has 0 spiro atoms. The Morgan fingerprint density at radius 2 is 2.18 bits per heavy atom. The second-order valence-corrected chi connectivity index (χ2v) is 3.97. The van der Waals surface area contributed by atoms with E-state index in [1.165, 1.54) is 12.1 Å². The number of aromatic nitrogens is 3. The van der Waals surface area contributed by atoms with Crippen molar-refractivity contribution >= 4 is 16.7 Å². The number of aromatic amines is 1. The van der Waals surface area contributed by atoms with Gasteiger partial charge >= 0.3 is 0 Å². The van der Waals surface area contributed by atoms with Crippen molar-refractivity contribution in [3.8, 4) is 11.3 Å². The van der Waals surface area contributed by atoms with E-state index >= 15 is 0 Å². The summed E-state index contributed by atoms with van der Waals surface area (Å²) in [7, 11) is 1.77. The van der Waals surface area contributed by atoms with Crippen LogP contribution in [0.25, 0.3) is 22.2 Å². The van der Waals surface area contributed by atoms with Crippen LogP contribution in [0.4, 0.5) is 10.2 Å². The molecular formula is C12H11FN4. The van der Waals surface area contributed by atoms with Crippen LogP contribution >= 0.6 is 0 Å². The molecule has 17 heavy (non-hydrogen) atoms. The fraction of sp³-hybridized carbons (Fsp3) is 0.0833. The molecule has 0 aliphatic rings. The molecule has 0 aliphatic carbocycles. The van der Waals surface area contributed by atoms with Crippen LogP contribution in [0, 0.1) is 5.82 Å². The number of nitrogens with two attached hydrogens (primary N) is 1. The zero-order valence-electron chi connectivity index (χ0n) is 9.24. The van der Waals surface area contributed by atoms with Gasteiger partial charge in [0, 0.05) is 35.8 Å². The van der Waals surface area contributed by atoms with Crippen LogP contribution in [-0.4, -0.2) is 14.8 Å². The Morgan fingerprint density at radius 3 is 2.88 bits per heavy atom. The number of H-pyrrole nitrogens is 1. The molecule has 0 unspecified atom stereocenters. The van der Waals surface area contributed by atoms with E-state index in [1.54, 1.807) is 23.9 Å². The molecule has 0 saturated heterocycles. The minimum Gasteiger partial charge on any atom is -0.384 e. The van der Waals surface area contributed by atoms with E-state index in [-0.39, 0.29) is 5.82 Å². The molecule has 0 bridgehead atoms. The van der Waals surface area contributed by atoms with E-state index in [0.717, 1.165) is 22.2 Å². The topological polar surface area (TPSA) is 59.6 Å². The number of halogens is 1. The van der Waals surface area contributed by atoms with Gasteiger partial charge in [0.2, 0.25) is 0 Å². The summed E-state index contributed by atoms with van der Waals surface area (Å²) in [5.41, 5.74) is 8.21. The Kier molecular flexibility index (Phi) is 1.95. The van der Waals surface area contributed by atoms with Gasteiger partial charge in [-0.2, -0.15) is 5.10 Å². The predicted molar refractivity (Wildman–Crippen MR) is 64.9 cm³/mol. The molecule has 0 atom stereocenters. The SMILES string of the molecule is Cn1nc(-c2c[nH]c3ccc(F)cc23)cc1N. The minimum absolute atomic E-state index is 0.262. The third-order valence-corrected chi connectivity index (χ3v) is 2.84. The first kappa shape index (κ1) is 9.89. The minimum atomic E-state index is -0.262. The second kappa shape index (κ2) is 3.35. The number of aryl methyl sites for hydroxylation is 1. The van der Waals surface area contributed by atoms with Crippen molar-refractivity contribution in [1.82, 2.24) is 14.8 Å². The molecule has 4 nitrogen and oxygen atoms in total. The lowest BCUT2D eigenvalue weighted by molar-refractivity contribution is 0.630. The Hall–Kier alpha value is -2.30. The van der Waals surface area contributed by atoms with Gasteiger partial charge in [0.05, 0.1) is 5.69 Å². The molecule has 3 rings (SSSR count). The van der Waals surface area contributed by atoms with Gasteiger partial charge in [-0.05, 0) is 18.2 Å². The lowest BCUT2D eigenvalue weighted by Crippen LogP contribution is -1.96. The summed E-state index contributed by atoms with van der Waals surface area (Å²) in [6, 6.07) is 6.40. The summed E-state index contributed by atoms with van der Waals surface area (Å²) in [6.07, 6.45) is 1.81. The smallest absolute Gasteiger partial charge is 0.123 e. The van der Waals surface area contributed by atoms with Crippen molar-refractivity contribution in [2.24, 2.45) is 7.05 Å². The van der Waals surface area contributed by atoms with Crippen LogP contribution in [0.2, 0.25) is 0 Å². The van der Waals surface area contributed by atoms with Crippen LogP contribution in [0.3, 0.4) is 0 Å². The van der Waals surface area contributed by atoms with Crippen LogP contribution in [0.1, 0.15) is 0 Å². The molecule has 0 saturated carbocycles. The van der Waals surface area contributed by atoms with Gasteiger partial charge in [0.15, 0.2) is 0 Å². The Labute approximate surface area is 96.9 Å². The molecule has 0 amide bonds. The molecule has 3 aromatic rings. The first-order valence-corrected chi connectivity index (χ1v) is 5.21. The van der Waals surface area contributed by atoms with Crippen LogP contribution in [0.15, 0.2) is 30.5 Å². The van der Waals surface area contributed by atoms with Crippen molar-refractivity contribution < 1.29 is 4.39 Å². The third kappa shape index (κ3) is 1.47. The molecule has 3 N–H and O–H groups in total. The number of hydrogen-bond donors (Lipinski definition) is 2. The summed E-state index contributed by atoms with van der Waals surface area (Å²) >= 11 is 0. The average molecular weight is 230 g/mol. The standard InChI is InChI=1S/C12H11FN4/c1-17-12(14)5-11(16-17)9-6-15-10-3-2-7(13)4-8(9)10/h2-6,15H,14H2,1H3. The van der Waals surface area contributed by atoms with E-state index in [2.05, 4.69) is 10.1 Å². The highest BCUT2D eigenvalue weighted by molar-refractivity contribution is 5.94. The summed E-state index contributed by atoms with van der Waals surface area (Å²) in [5, 5.41) is 5.09. The number of benzene rings is 1. The Bertz CT molecular complexity index is 676. The number of nitrogens with zero attached hydrogens (tertiary/aromatic N) is 2. The van der Waals surface area contributed by atoms with Crippen molar-refractivity contribution in [2.45, 2.75) is 0 Å². The van der Waals surface area contributed by atoms with Gasteiger partial charge in [-0.15, -0.1) is 0 Å². The van der Waals surface area contributed by atoms with E-state index in [9.17, 15) is 4.39 Å². The van der Waals surface area contributed by atoms with E-state index in [1.807, 2.05) is 6.20 Å². The second-order valence-electron chi connectivity index (χ2n) is 3.97. The Balaban J connectivity index is 2.26. The van der Waals surface area contributed by atoms with Crippen molar-refractivity contribution in [3.63, 3.8) is 0 Å². The highest BCUT2D eigenvalue weighted by Crippen LogP contribution is 2.28. The average Bonchev–Trinajstić information content (AvgIpc) is 2.83. The monoisotopic (exact) mass is 230 g/mol. The lowest BCUT2D eigenvalue weighted by atomic mass is 10.1. The molecule has 0 fully saturated rings. The fourth-order valence-electron chi connectivity index (χ4n) is 1.92. The number of rotatable bonds is 1. The maximum atomic E-state index is 13.2. The zero-order chi connectivity index (χ0) is 12.0. The van der Waals surface area contributed by atoms with Crippen molar-refractivity contribution in [3.05, 3.63) is 36.3 Å². The summed E-state index contributed by atoms with van der Waals surface area (Å²) < 4.78 is 14.8. The van der Waals surface area contributed by atoms with E-state index < -0.39 is 0 Å². The molecule has 2 heterocycles. The zero-order valence-corrected chi connectivity index (χ0v) is 9.24. The molecule has 1 aromatic carbocycles. The first-order valence-electron chi connectivity index (χ1n) is 5.21. The summed E-state index contributed by atoms with van der Waals surface area (Å²) in [4.78, 5) is 3.09. The number of nitrogens with one attached hydrogen (secondary N) is 1. The maximum absolute atomic E-state index is 13.2. The van der Waals surface area contributed by atoms with Gasteiger partial charge in [0.25, 0.3) is 0 Å². The quantitative estimate of drug-likeness (QED) is 0.673. The van der Waals surface area contributed by atoms with Gasteiger partial charge in [-0.25, -0.2) is 4.39 Å².